The van der Waals surface area contributed by atoms with E-state index in [1.54, 1.807) is 0 Å². The van der Waals surface area contributed by atoms with Crippen LogP contribution in [-0.4, -0.2) is 12.6 Å². The summed E-state index contributed by atoms with van der Waals surface area (Å²) in [7, 11) is 0. The van der Waals surface area contributed by atoms with Crippen LogP contribution in [0.4, 0.5) is 14.5 Å². The van der Waals surface area contributed by atoms with Gasteiger partial charge >= 0.3 is 0 Å². The van der Waals surface area contributed by atoms with Crippen molar-refractivity contribution in [3.63, 3.8) is 0 Å². The van der Waals surface area contributed by atoms with Gasteiger partial charge in [-0.05, 0) is 6.92 Å². The Morgan fingerprint density at radius 2 is 2.23 bits per heavy atom. The molecule has 1 aliphatic heterocycles. The van der Waals surface area contributed by atoms with Gasteiger partial charge < -0.3 is 10.1 Å². The average molecular weight is 185 g/mol. The molecule has 1 atom stereocenters. The van der Waals surface area contributed by atoms with Crippen LogP contribution in [0, 0.1) is 11.6 Å². The lowest BCUT2D eigenvalue weighted by Crippen LogP contribution is -2.29. The second kappa shape index (κ2) is 2.87. The highest BCUT2D eigenvalue weighted by Gasteiger charge is 2.19. The predicted octanol–water partition coefficient (Wildman–Crippen LogP) is 2.16. The fourth-order valence-corrected chi connectivity index (χ4v) is 1.31. The molecule has 13 heavy (non-hydrogen) atoms. The minimum atomic E-state index is -0.618. The number of hydrogen-bond donors (Lipinski definition) is 1. The summed E-state index contributed by atoms with van der Waals surface area (Å²) >= 11 is 0. The second-order valence-corrected chi connectivity index (χ2v) is 3.12. The second-order valence-electron chi connectivity index (χ2n) is 3.12. The van der Waals surface area contributed by atoms with Gasteiger partial charge in [0.25, 0.3) is 0 Å². The van der Waals surface area contributed by atoms with Crippen molar-refractivity contribution in [1.82, 2.24) is 0 Å². The van der Waals surface area contributed by atoms with E-state index in [-0.39, 0.29) is 17.5 Å². The molecule has 70 valence electrons. The Balaban J connectivity index is 2.47. The molecule has 1 N–H and O–H groups in total. The molecule has 0 saturated heterocycles. The van der Waals surface area contributed by atoms with E-state index in [1.165, 1.54) is 6.07 Å². The highest BCUT2D eigenvalue weighted by Crippen LogP contribution is 2.32. The van der Waals surface area contributed by atoms with Gasteiger partial charge in [-0.3, -0.25) is 0 Å². The van der Waals surface area contributed by atoms with Crippen molar-refractivity contribution in [3.8, 4) is 5.75 Å². The molecular weight excluding hydrogens is 176 g/mol. The van der Waals surface area contributed by atoms with Gasteiger partial charge in [0.1, 0.15) is 23.9 Å². The van der Waals surface area contributed by atoms with Gasteiger partial charge in [0.05, 0.1) is 6.04 Å². The van der Waals surface area contributed by atoms with E-state index in [4.69, 9.17) is 4.74 Å². The van der Waals surface area contributed by atoms with Crippen LogP contribution in [0.25, 0.3) is 0 Å². The number of benzene rings is 1. The van der Waals surface area contributed by atoms with Gasteiger partial charge in [0.2, 0.25) is 0 Å². The van der Waals surface area contributed by atoms with E-state index in [0.717, 1.165) is 6.07 Å². The number of halogens is 2. The molecule has 1 aliphatic rings. The third kappa shape index (κ3) is 1.43. The third-order valence-corrected chi connectivity index (χ3v) is 1.90. The van der Waals surface area contributed by atoms with E-state index in [2.05, 4.69) is 5.32 Å². The van der Waals surface area contributed by atoms with Crippen LogP contribution in [0.5, 0.6) is 5.75 Å². The first kappa shape index (κ1) is 8.29. The van der Waals surface area contributed by atoms with Crippen molar-refractivity contribution >= 4 is 5.69 Å². The monoisotopic (exact) mass is 185 g/mol. The first-order chi connectivity index (χ1) is 6.16. The van der Waals surface area contributed by atoms with Crippen LogP contribution in [0.2, 0.25) is 0 Å². The molecule has 0 amide bonds. The summed E-state index contributed by atoms with van der Waals surface area (Å²) < 4.78 is 31.0. The molecule has 0 bridgehead atoms. The van der Waals surface area contributed by atoms with Gasteiger partial charge in [-0.1, -0.05) is 0 Å². The van der Waals surface area contributed by atoms with Gasteiger partial charge in [-0.15, -0.1) is 0 Å². The molecule has 1 aromatic rings. The highest BCUT2D eigenvalue weighted by atomic mass is 19.1. The molecule has 2 nitrogen and oxygen atoms in total. The summed E-state index contributed by atoms with van der Waals surface area (Å²) in [6.07, 6.45) is 0. The zero-order valence-electron chi connectivity index (χ0n) is 7.10. The number of hydrogen-bond acceptors (Lipinski definition) is 2. The maximum absolute atomic E-state index is 13.1. The van der Waals surface area contributed by atoms with Crippen LogP contribution < -0.4 is 10.1 Å². The summed E-state index contributed by atoms with van der Waals surface area (Å²) in [6.45, 7) is 2.29. The largest absolute Gasteiger partial charge is 0.489 e. The van der Waals surface area contributed by atoms with Crippen LogP contribution in [0.3, 0.4) is 0 Å². The quantitative estimate of drug-likeness (QED) is 0.668. The normalized spacial score (nSPS) is 20.1. The molecule has 1 unspecified atom stereocenters. The molecule has 1 aromatic carbocycles. The van der Waals surface area contributed by atoms with Crippen molar-refractivity contribution in [2.45, 2.75) is 13.0 Å². The fourth-order valence-electron chi connectivity index (χ4n) is 1.31. The van der Waals surface area contributed by atoms with E-state index >= 15 is 0 Å². The summed E-state index contributed by atoms with van der Waals surface area (Å²) in [5.41, 5.74) is 0.250. The van der Waals surface area contributed by atoms with E-state index in [1.807, 2.05) is 6.92 Å². The highest BCUT2D eigenvalue weighted by molar-refractivity contribution is 5.59. The van der Waals surface area contributed by atoms with Crippen LogP contribution in [0.15, 0.2) is 12.1 Å². The maximum atomic E-state index is 13.1. The number of anilines is 1. The zero-order chi connectivity index (χ0) is 9.42. The van der Waals surface area contributed by atoms with Gasteiger partial charge in [-0.2, -0.15) is 0 Å². The molecule has 0 saturated carbocycles. The summed E-state index contributed by atoms with van der Waals surface area (Å²) in [4.78, 5) is 0. The van der Waals surface area contributed by atoms with Crippen molar-refractivity contribution in [1.29, 1.82) is 0 Å². The Bertz CT molecular complexity index is 341. The molecule has 2 rings (SSSR count). The Morgan fingerprint density at radius 1 is 1.46 bits per heavy atom. The summed E-state index contributed by atoms with van der Waals surface area (Å²) in [5, 5.41) is 2.89. The number of fused-ring (bicyclic) bond motifs is 1. The molecule has 0 radical (unpaired) electrons. The van der Waals surface area contributed by atoms with Crippen molar-refractivity contribution < 1.29 is 13.5 Å². The van der Waals surface area contributed by atoms with Crippen molar-refractivity contribution in [2.75, 3.05) is 11.9 Å². The summed E-state index contributed by atoms with van der Waals surface area (Å²) in [6, 6.07) is 2.07. The number of ether oxygens (including phenoxy) is 1. The molecule has 0 aromatic heterocycles. The Morgan fingerprint density at radius 3 is 3.00 bits per heavy atom. The lowest BCUT2D eigenvalue weighted by molar-refractivity contribution is 0.287. The Labute approximate surface area is 74.5 Å². The van der Waals surface area contributed by atoms with Crippen LogP contribution in [-0.2, 0) is 0 Å². The molecule has 4 heteroatoms. The molecule has 1 heterocycles. The van der Waals surface area contributed by atoms with Crippen LogP contribution in [0.1, 0.15) is 6.92 Å². The lowest BCUT2D eigenvalue weighted by atomic mass is 10.2. The first-order valence-corrected chi connectivity index (χ1v) is 4.05. The SMILES string of the molecule is CC1COc2cc(F)cc(F)c2N1. The minimum absolute atomic E-state index is 0.0486. The lowest BCUT2D eigenvalue weighted by Gasteiger charge is -2.24. The number of nitrogens with one attached hydrogen (secondary N) is 1. The first-order valence-electron chi connectivity index (χ1n) is 4.05. The van der Waals surface area contributed by atoms with E-state index < -0.39 is 11.6 Å². The Kier molecular flexibility index (Phi) is 1.83. The average Bonchev–Trinajstić information content (AvgIpc) is 2.06. The van der Waals surface area contributed by atoms with Gasteiger partial charge in [-0.25, -0.2) is 8.78 Å². The van der Waals surface area contributed by atoms with Crippen molar-refractivity contribution in [3.05, 3.63) is 23.8 Å². The fraction of sp³-hybridized carbons (Fsp3) is 0.333. The van der Waals surface area contributed by atoms with Gasteiger partial charge in [0, 0.05) is 12.1 Å². The molecule has 0 fully saturated rings. The van der Waals surface area contributed by atoms with E-state index in [0.29, 0.717) is 6.61 Å². The Hall–Kier alpha value is -1.32. The van der Waals surface area contributed by atoms with Gasteiger partial charge in [0.15, 0.2) is 5.82 Å². The third-order valence-electron chi connectivity index (χ3n) is 1.90. The number of rotatable bonds is 0. The predicted molar refractivity (Wildman–Crippen MR) is 44.9 cm³/mol. The smallest absolute Gasteiger partial charge is 0.153 e. The zero-order valence-corrected chi connectivity index (χ0v) is 7.10. The molecule has 0 aliphatic carbocycles. The maximum Gasteiger partial charge on any atom is 0.153 e. The summed E-state index contributed by atoms with van der Waals surface area (Å²) in [5.74, 6) is -0.982. The van der Waals surface area contributed by atoms with E-state index in [9.17, 15) is 8.78 Å². The topological polar surface area (TPSA) is 21.3 Å². The van der Waals surface area contributed by atoms with Crippen LogP contribution >= 0.6 is 0 Å². The molecule has 0 spiro atoms. The molecular formula is C9H9F2NO. The minimum Gasteiger partial charge on any atom is -0.489 e. The standard InChI is InChI=1S/C9H9F2NO/c1-5-4-13-8-3-6(10)2-7(11)9(8)12-5/h2-3,5,12H,4H2,1H3. The van der Waals surface area contributed by atoms with Crippen molar-refractivity contribution in [2.24, 2.45) is 0 Å².